The van der Waals surface area contributed by atoms with Crippen LogP contribution in [0.1, 0.15) is 0 Å². The Hall–Kier alpha value is -1.07. The normalized spacial score (nSPS) is 19.8. The van der Waals surface area contributed by atoms with Gasteiger partial charge in [0.2, 0.25) is 5.91 Å². The topological polar surface area (TPSA) is 58.4 Å². The van der Waals surface area contributed by atoms with E-state index in [1.54, 1.807) is 0 Å². The average molecular weight is 270 g/mol. The molecule has 4 nitrogen and oxygen atoms in total. The third kappa shape index (κ3) is 1.72. The first-order valence-electron chi connectivity index (χ1n) is 4.67. The molecule has 0 aromatic heterocycles. The Bertz CT molecular complexity index is 408. The van der Waals surface area contributed by atoms with Gasteiger partial charge in [0.1, 0.15) is 6.04 Å². The number of carbonyl (C=O) groups excluding carboxylic acids is 1. The van der Waals surface area contributed by atoms with Gasteiger partial charge in [-0.15, -0.1) is 0 Å². The summed E-state index contributed by atoms with van der Waals surface area (Å²) in [5.74, 6) is -0.0465. The van der Waals surface area contributed by atoms with Gasteiger partial charge in [-0.25, -0.2) is 0 Å². The molecule has 5 heteroatoms. The summed E-state index contributed by atoms with van der Waals surface area (Å²) >= 11 is 3.40. The lowest BCUT2D eigenvalue weighted by Gasteiger charge is -2.34. The molecule has 2 rings (SSSR count). The fourth-order valence-electron chi connectivity index (χ4n) is 1.73. The third-order valence-electron chi connectivity index (χ3n) is 2.59. The molecular formula is C10H12BrN3O. The number of fused-ring (bicyclic) bond motifs is 1. The molecule has 1 atom stereocenters. The number of carbonyl (C=O) groups is 1. The van der Waals surface area contributed by atoms with Crippen molar-refractivity contribution in [2.75, 3.05) is 23.8 Å². The molecule has 1 amide bonds. The van der Waals surface area contributed by atoms with E-state index >= 15 is 0 Å². The Balaban J connectivity index is 2.46. The maximum Gasteiger partial charge on any atom is 0.248 e. The number of anilines is 2. The lowest BCUT2D eigenvalue weighted by Crippen LogP contribution is -2.50. The van der Waals surface area contributed by atoms with Crippen LogP contribution in [-0.4, -0.2) is 25.5 Å². The summed E-state index contributed by atoms with van der Waals surface area (Å²) in [7, 11) is 1.88. The highest BCUT2D eigenvalue weighted by molar-refractivity contribution is 9.10. The van der Waals surface area contributed by atoms with Crippen LogP contribution in [0.5, 0.6) is 0 Å². The largest absolute Gasteiger partial charge is 0.360 e. The number of nitrogens with one attached hydrogen (secondary N) is 1. The van der Waals surface area contributed by atoms with Crippen molar-refractivity contribution in [1.29, 1.82) is 0 Å². The molecule has 1 aromatic carbocycles. The molecule has 3 N–H and O–H groups in total. The zero-order valence-corrected chi connectivity index (χ0v) is 9.91. The van der Waals surface area contributed by atoms with E-state index in [0.717, 1.165) is 15.8 Å². The number of nitrogens with two attached hydrogens (primary N) is 1. The molecule has 1 heterocycles. The number of likely N-dealkylation sites (N-methyl/N-ethyl adjacent to an activating group) is 1. The van der Waals surface area contributed by atoms with Gasteiger partial charge in [-0.05, 0) is 18.2 Å². The summed E-state index contributed by atoms with van der Waals surface area (Å²) in [6.07, 6.45) is 0. The van der Waals surface area contributed by atoms with Crippen molar-refractivity contribution in [3.8, 4) is 0 Å². The van der Waals surface area contributed by atoms with E-state index in [1.807, 2.05) is 30.1 Å². The van der Waals surface area contributed by atoms with Gasteiger partial charge < -0.3 is 16.0 Å². The van der Waals surface area contributed by atoms with E-state index in [-0.39, 0.29) is 11.9 Å². The van der Waals surface area contributed by atoms with Crippen molar-refractivity contribution in [1.82, 2.24) is 0 Å². The molecule has 1 aliphatic heterocycles. The van der Waals surface area contributed by atoms with Crippen LogP contribution >= 0.6 is 15.9 Å². The Morgan fingerprint density at radius 1 is 1.60 bits per heavy atom. The van der Waals surface area contributed by atoms with Gasteiger partial charge in [0.15, 0.2) is 0 Å². The van der Waals surface area contributed by atoms with Gasteiger partial charge in [0.25, 0.3) is 0 Å². The van der Waals surface area contributed by atoms with E-state index in [1.165, 1.54) is 0 Å². The van der Waals surface area contributed by atoms with Gasteiger partial charge in [-0.1, -0.05) is 15.9 Å². The molecular weight excluding hydrogens is 258 g/mol. The SMILES string of the molecule is CN1c2cc(Br)ccc2NC(=O)C1CN. The second-order valence-electron chi connectivity index (χ2n) is 3.51. The Kier molecular flexibility index (Phi) is 2.67. The molecule has 0 bridgehead atoms. The van der Waals surface area contributed by atoms with Crippen LogP contribution in [0.4, 0.5) is 11.4 Å². The van der Waals surface area contributed by atoms with Crippen LogP contribution in [0.25, 0.3) is 0 Å². The molecule has 1 aliphatic rings. The van der Waals surface area contributed by atoms with Crippen molar-refractivity contribution in [2.24, 2.45) is 5.73 Å². The van der Waals surface area contributed by atoms with E-state index in [0.29, 0.717) is 6.54 Å². The van der Waals surface area contributed by atoms with Gasteiger partial charge >= 0.3 is 0 Å². The molecule has 1 aromatic rings. The number of amides is 1. The number of hydrogen-bond acceptors (Lipinski definition) is 3. The summed E-state index contributed by atoms with van der Waals surface area (Å²) in [6, 6.07) is 5.46. The highest BCUT2D eigenvalue weighted by atomic mass is 79.9. The predicted octanol–water partition coefficient (Wildman–Crippen LogP) is 1.16. The zero-order chi connectivity index (χ0) is 11.0. The average Bonchev–Trinajstić information content (AvgIpc) is 2.20. The highest BCUT2D eigenvalue weighted by Crippen LogP contribution is 2.33. The molecule has 0 saturated heterocycles. The second-order valence-corrected chi connectivity index (χ2v) is 4.43. The third-order valence-corrected chi connectivity index (χ3v) is 3.08. The minimum atomic E-state index is -0.285. The van der Waals surface area contributed by atoms with Crippen LogP contribution in [0.3, 0.4) is 0 Å². The summed E-state index contributed by atoms with van der Waals surface area (Å²) in [5, 5.41) is 2.84. The van der Waals surface area contributed by atoms with Crippen LogP contribution in [-0.2, 0) is 4.79 Å². The van der Waals surface area contributed by atoms with Gasteiger partial charge in [-0.2, -0.15) is 0 Å². The van der Waals surface area contributed by atoms with E-state index < -0.39 is 0 Å². The first-order chi connectivity index (χ1) is 7.13. The van der Waals surface area contributed by atoms with Crippen molar-refractivity contribution >= 4 is 33.2 Å². The summed E-state index contributed by atoms with van der Waals surface area (Å²) in [6.45, 7) is 0.314. The lowest BCUT2D eigenvalue weighted by atomic mass is 10.1. The summed E-state index contributed by atoms with van der Waals surface area (Å²) in [4.78, 5) is 13.5. The van der Waals surface area contributed by atoms with Crippen LogP contribution in [0, 0.1) is 0 Å². The fraction of sp³-hybridized carbons (Fsp3) is 0.300. The molecule has 0 radical (unpaired) electrons. The van der Waals surface area contributed by atoms with Crippen LogP contribution in [0.15, 0.2) is 22.7 Å². The van der Waals surface area contributed by atoms with E-state index in [4.69, 9.17) is 5.73 Å². The highest BCUT2D eigenvalue weighted by Gasteiger charge is 2.29. The van der Waals surface area contributed by atoms with E-state index in [9.17, 15) is 4.79 Å². The number of benzene rings is 1. The van der Waals surface area contributed by atoms with Gasteiger partial charge in [0, 0.05) is 18.1 Å². The summed E-state index contributed by atoms with van der Waals surface area (Å²) < 4.78 is 0.986. The van der Waals surface area contributed by atoms with E-state index in [2.05, 4.69) is 21.2 Å². The Morgan fingerprint density at radius 2 is 2.33 bits per heavy atom. The summed E-state index contributed by atoms with van der Waals surface area (Å²) in [5.41, 5.74) is 7.38. The van der Waals surface area contributed by atoms with Crippen molar-refractivity contribution in [2.45, 2.75) is 6.04 Å². The van der Waals surface area contributed by atoms with Gasteiger partial charge in [0.05, 0.1) is 11.4 Å². The maximum absolute atomic E-state index is 11.6. The Labute approximate surface area is 96.6 Å². The molecule has 15 heavy (non-hydrogen) atoms. The standard InChI is InChI=1S/C10H12BrN3O/c1-14-8-4-6(11)2-3-7(8)13-10(15)9(14)5-12/h2-4,9H,5,12H2,1H3,(H,13,15). The predicted molar refractivity (Wildman–Crippen MR) is 64.0 cm³/mol. The molecule has 1 unspecified atom stereocenters. The van der Waals surface area contributed by atoms with Crippen molar-refractivity contribution in [3.05, 3.63) is 22.7 Å². The molecule has 0 aliphatic carbocycles. The number of hydrogen-bond donors (Lipinski definition) is 2. The first kappa shape index (κ1) is 10.4. The zero-order valence-electron chi connectivity index (χ0n) is 8.33. The minimum absolute atomic E-state index is 0.0465. The van der Waals surface area contributed by atoms with Crippen molar-refractivity contribution in [3.63, 3.8) is 0 Å². The first-order valence-corrected chi connectivity index (χ1v) is 5.46. The minimum Gasteiger partial charge on any atom is -0.360 e. The second kappa shape index (κ2) is 3.83. The molecule has 0 fully saturated rings. The van der Waals surface area contributed by atoms with Crippen LogP contribution in [0.2, 0.25) is 0 Å². The molecule has 80 valence electrons. The number of rotatable bonds is 1. The number of halogens is 1. The van der Waals surface area contributed by atoms with Crippen molar-refractivity contribution < 1.29 is 4.79 Å². The lowest BCUT2D eigenvalue weighted by molar-refractivity contribution is -0.117. The maximum atomic E-state index is 11.6. The number of nitrogens with zero attached hydrogens (tertiary/aromatic N) is 1. The monoisotopic (exact) mass is 269 g/mol. The van der Waals surface area contributed by atoms with Gasteiger partial charge in [-0.3, -0.25) is 4.79 Å². The molecule has 0 saturated carbocycles. The fourth-order valence-corrected chi connectivity index (χ4v) is 2.08. The quantitative estimate of drug-likeness (QED) is 0.805. The van der Waals surface area contributed by atoms with Crippen LogP contribution < -0.4 is 16.0 Å². The Morgan fingerprint density at radius 3 is 3.00 bits per heavy atom. The molecule has 0 spiro atoms. The smallest absolute Gasteiger partial charge is 0.248 e.